The molecule has 0 aromatic heterocycles. The number of sulfonamides is 1. The standard InChI is InChI=1S/C19H23N3O5S/c1-4-27-18-9-5-15(6-10-18)13-20-21-19(23)14-22(28(3,24)25)16-7-11-17(26-2)12-8-16/h5-13H,4,14H2,1-3H3,(H,21,23)/b20-13+. The molecule has 0 unspecified atom stereocenters. The average Bonchev–Trinajstić information content (AvgIpc) is 2.67. The van der Waals surface area contributed by atoms with Crippen molar-refractivity contribution in [1.82, 2.24) is 5.43 Å². The van der Waals surface area contributed by atoms with E-state index in [0.717, 1.165) is 21.9 Å². The molecule has 9 heteroatoms. The lowest BCUT2D eigenvalue weighted by Gasteiger charge is -2.21. The van der Waals surface area contributed by atoms with E-state index in [2.05, 4.69) is 10.5 Å². The van der Waals surface area contributed by atoms with Gasteiger partial charge in [0.05, 0.1) is 31.9 Å². The predicted molar refractivity (Wildman–Crippen MR) is 109 cm³/mol. The van der Waals surface area contributed by atoms with E-state index in [-0.39, 0.29) is 0 Å². The van der Waals surface area contributed by atoms with Crippen LogP contribution >= 0.6 is 0 Å². The van der Waals surface area contributed by atoms with Crippen molar-refractivity contribution in [2.75, 3.05) is 30.8 Å². The Hall–Kier alpha value is -3.07. The SMILES string of the molecule is CCOc1ccc(/C=N/NC(=O)CN(c2ccc(OC)cc2)S(C)(=O)=O)cc1. The highest BCUT2D eigenvalue weighted by atomic mass is 32.2. The quantitative estimate of drug-likeness (QED) is 0.508. The molecule has 2 rings (SSSR count). The zero-order chi connectivity index (χ0) is 20.6. The van der Waals surface area contributed by atoms with Gasteiger partial charge in [0, 0.05) is 0 Å². The molecular formula is C19H23N3O5S. The van der Waals surface area contributed by atoms with Gasteiger partial charge in [-0.15, -0.1) is 0 Å². The number of ether oxygens (including phenoxy) is 2. The Kier molecular flexibility index (Phi) is 7.39. The summed E-state index contributed by atoms with van der Waals surface area (Å²) in [6.07, 6.45) is 2.50. The van der Waals surface area contributed by atoms with Gasteiger partial charge < -0.3 is 9.47 Å². The number of rotatable bonds is 9. The first-order valence-electron chi connectivity index (χ1n) is 8.50. The van der Waals surface area contributed by atoms with Crippen LogP contribution in [0.25, 0.3) is 0 Å². The molecule has 0 bridgehead atoms. The van der Waals surface area contributed by atoms with E-state index in [9.17, 15) is 13.2 Å². The number of hydrazone groups is 1. The molecule has 2 aromatic rings. The van der Waals surface area contributed by atoms with Gasteiger partial charge in [-0.25, -0.2) is 13.8 Å². The minimum Gasteiger partial charge on any atom is -0.497 e. The Bertz CT molecular complexity index is 910. The molecule has 1 amide bonds. The lowest BCUT2D eigenvalue weighted by Crippen LogP contribution is -2.39. The summed E-state index contributed by atoms with van der Waals surface area (Å²) in [6.45, 7) is 2.08. The van der Waals surface area contributed by atoms with E-state index in [1.807, 2.05) is 6.92 Å². The molecule has 0 saturated carbocycles. The summed E-state index contributed by atoms with van der Waals surface area (Å²) in [6, 6.07) is 13.5. The van der Waals surface area contributed by atoms with E-state index in [0.29, 0.717) is 18.0 Å². The summed E-state index contributed by atoms with van der Waals surface area (Å²) in [4.78, 5) is 12.2. The van der Waals surface area contributed by atoms with Crippen LogP contribution in [0.1, 0.15) is 12.5 Å². The Labute approximate surface area is 164 Å². The van der Waals surface area contributed by atoms with Gasteiger partial charge in [-0.2, -0.15) is 5.10 Å². The smallest absolute Gasteiger partial charge is 0.260 e. The first-order valence-corrected chi connectivity index (χ1v) is 10.3. The predicted octanol–water partition coefficient (Wildman–Crippen LogP) is 2.01. The van der Waals surface area contributed by atoms with Crippen molar-refractivity contribution < 1.29 is 22.7 Å². The van der Waals surface area contributed by atoms with Gasteiger partial charge in [0.2, 0.25) is 10.0 Å². The number of methoxy groups -OCH3 is 1. The Morgan fingerprint density at radius 2 is 1.71 bits per heavy atom. The maximum atomic E-state index is 12.2. The second-order valence-corrected chi connectivity index (χ2v) is 7.67. The van der Waals surface area contributed by atoms with Crippen LogP contribution < -0.4 is 19.2 Å². The highest BCUT2D eigenvalue weighted by molar-refractivity contribution is 7.92. The van der Waals surface area contributed by atoms with Crippen molar-refractivity contribution in [3.8, 4) is 11.5 Å². The fourth-order valence-electron chi connectivity index (χ4n) is 2.31. The van der Waals surface area contributed by atoms with Crippen molar-refractivity contribution in [2.24, 2.45) is 5.10 Å². The number of amides is 1. The summed E-state index contributed by atoms with van der Waals surface area (Å²) in [5, 5.41) is 3.87. The van der Waals surface area contributed by atoms with Gasteiger partial charge in [0.1, 0.15) is 18.0 Å². The summed E-state index contributed by atoms with van der Waals surface area (Å²) in [5.74, 6) is 0.761. The highest BCUT2D eigenvalue weighted by Gasteiger charge is 2.20. The maximum absolute atomic E-state index is 12.2. The highest BCUT2D eigenvalue weighted by Crippen LogP contribution is 2.21. The van der Waals surface area contributed by atoms with Gasteiger partial charge >= 0.3 is 0 Å². The molecule has 0 atom stereocenters. The molecule has 0 saturated heterocycles. The van der Waals surface area contributed by atoms with Crippen LogP contribution in [0.15, 0.2) is 53.6 Å². The second-order valence-electron chi connectivity index (χ2n) is 5.76. The van der Waals surface area contributed by atoms with E-state index >= 15 is 0 Å². The summed E-state index contributed by atoms with van der Waals surface area (Å²) in [5.41, 5.74) is 3.45. The molecule has 0 aliphatic carbocycles. The zero-order valence-corrected chi connectivity index (χ0v) is 16.8. The first kappa shape index (κ1) is 21.2. The van der Waals surface area contributed by atoms with Gasteiger partial charge in [-0.05, 0) is 61.0 Å². The number of nitrogens with zero attached hydrogens (tertiary/aromatic N) is 2. The van der Waals surface area contributed by atoms with Crippen LogP contribution in [0.5, 0.6) is 11.5 Å². The first-order chi connectivity index (χ1) is 13.3. The maximum Gasteiger partial charge on any atom is 0.260 e. The van der Waals surface area contributed by atoms with Crippen LogP contribution in [0.3, 0.4) is 0 Å². The Morgan fingerprint density at radius 1 is 1.11 bits per heavy atom. The van der Waals surface area contributed by atoms with Crippen molar-refractivity contribution in [3.63, 3.8) is 0 Å². The Balaban J connectivity index is 2.01. The Morgan fingerprint density at radius 3 is 2.25 bits per heavy atom. The third kappa shape index (κ3) is 6.27. The number of benzene rings is 2. The summed E-state index contributed by atoms with van der Waals surface area (Å²) >= 11 is 0. The van der Waals surface area contributed by atoms with Crippen LogP contribution in [0.2, 0.25) is 0 Å². The largest absolute Gasteiger partial charge is 0.497 e. The molecule has 2 aromatic carbocycles. The molecular weight excluding hydrogens is 382 g/mol. The van der Waals surface area contributed by atoms with E-state index in [4.69, 9.17) is 9.47 Å². The summed E-state index contributed by atoms with van der Waals surface area (Å²) < 4.78 is 35.5. The topological polar surface area (TPSA) is 97.3 Å². The summed E-state index contributed by atoms with van der Waals surface area (Å²) in [7, 11) is -2.14. The van der Waals surface area contributed by atoms with Crippen molar-refractivity contribution in [3.05, 3.63) is 54.1 Å². The monoisotopic (exact) mass is 405 g/mol. The van der Waals surface area contributed by atoms with Gasteiger partial charge in [-0.1, -0.05) is 0 Å². The van der Waals surface area contributed by atoms with Crippen molar-refractivity contribution in [2.45, 2.75) is 6.92 Å². The van der Waals surface area contributed by atoms with E-state index in [1.165, 1.54) is 13.3 Å². The normalized spacial score (nSPS) is 11.2. The molecule has 0 heterocycles. The van der Waals surface area contributed by atoms with E-state index in [1.54, 1.807) is 48.5 Å². The number of hydrogen-bond acceptors (Lipinski definition) is 6. The molecule has 0 fully saturated rings. The van der Waals surface area contributed by atoms with Crippen LogP contribution in [0, 0.1) is 0 Å². The van der Waals surface area contributed by atoms with Gasteiger partial charge in [0.15, 0.2) is 0 Å². The molecule has 0 aliphatic heterocycles. The minimum atomic E-state index is -3.65. The minimum absolute atomic E-state index is 0.356. The number of hydrogen-bond donors (Lipinski definition) is 1. The van der Waals surface area contributed by atoms with E-state index < -0.39 is 22.5 Å². The molecule has 0 spiro atoms. The van der Waals surface area contributed by atoms with Crippen LogP contribution in [0.4, 0.5) is 5.69 Å². The van der Waals surface area contributed by atoms with Crippen LogP contribution in [-0.4, -0.2) is 47.1 Å². The molecule has 1 N–H and O–H groups in total. The van der Waals surface area contributed by atoms with Crippen molar-refractivity contribution >= 4 is 27.8 Å². The second kappa shape index (κ2) is 9.75. The molecule has 0 radical (unpaired) electrons. The van der Waals surface area contributed by atoms with Gasteiger partial charge in [-0.3, -0.25) is 9.10 Å². The fraction of sp³-hybridized carbons (Fsp3) is 0.263. The molecule has 150 valence electrons. The molecule has 8 nitrogen and oxygen atoms in total. The number of carbonyl (C=O) groups is 1. The number of carbonyl (C=O) groups excluding carboxylic acids is 1. The van der Waals surface area contributed by atoms with Gasteiger partial charge in [0.25, 0.3) is 5.91 Å². The zero-order valence-electron chi connectivity index (χ0n) is 16.0. The lowest BCUT2D eigenvalue weighted by atomic mass is 10.2. The number of nitrogens with one attached hydrogen (secondary N) is 1. The number of anilines is 1. The molecule has 28 heavy (non-hydrogen) atoms. The molecule has 0 aliphatic rings. The third-order valence-corrected chi connectivity index (χ3v) is 4.78. The van der Waals surface area contributed by atoms with Crippen molar-refractivity contribution in [1.29, 1.82) is 0 Å². The third-order valence-electron chi connectivity index (χ3n) is 3.64. The van der Waals surface area contributed by atoms with Crippen LogP contribution in [-0.2, 0) is 14.8 Å². The fourth-order valence-corrected chi connectivity index (χ4v) is 3.17. The lowest BCUT2D eigenvalue weighted by molar-refractivity contribution is -0.119. The average molecular weight is 405 g/mol.